The van der Waals surface area contributed by atoms with E-state index in [1.165, 1.54) is 0 Å². The van der Waals surface area contributed by atoms with Gasteiger partial charge in [0.1, 0.15) is 0 Å². The summed E-state index contributed by atoms with van der Waals surface area (Å²) in [6, 6.07) is 0. The van der Waals surface area contributed by atoms with Gasteiger partial charge in [-0.2, -0.15) is 0 Å². The average molecular weight is 462 g/mol. The zero-order chi connectivity index (χ0) is 23.7. The molecule has 4 saturated heterocycles. The smallest absolute Gasteiger partial charge is 0.436 e. The molecule has 32 heavy (non-hydrogen) atoms. The molecular formula is C16H14O16. The lowest BCUT2D eigenvalue weighted by atomic mass is 9.93. The molecule has 0 radical (unpaired) electrons. The molecule has 3 N–H and O–H groups in total. The summed E-state index contributed by atoms with van der Waals surface area (Å²) in [5.41, 5.74) is -9.06. The van der Waals surface area contributed by atoms with E-state index < -0.39 is 90.2 Å². The molecule has 4 heterocycles. The minimum absolute atomic E-state index is 0.571. The second kappa shape index (κ2) is 6.35. The molecule has 0 aromatic rings. The normalized spacial score (nSPS) is 44.2. The Hall–Kier alpha value is -3.34. The fraction of sp³-hybridized carbons (Fsp3) is 0.625. The molecule has 0 aromatic heterocycles. The summed E-state index contributed by atoms with van der Waals surface area (Å²) in [6.45, 7) is 0.571. The first kappa shape index (κ1) is 21.9. The highest BCUT2D eigenvalue weighted by atomic mass is 17.3. The summed E-state index contributed by atoms with van der Waals surface area (Å²) in [4.78, 5) is 83.4. The largest absolute Gasteiger partial charge is 0.465 e. The summed E-state index contributed by atoms with van der Waals surface area (Å²) in [5.74, 6) is -17.1. The van der Waals surface area contributed by atoms with Crippen molar-refractivity contribution in [3.63, 3.8) is 0 Å². The quantitative estimate of drug-likeness (QED) is 0.179. The van der Waals surface area contributed by atoms with Crippen LogP contribution in [0.2, 0.25) is 0 Å². The molecule has 0 aromatic carbocycles. The van der Waals surface area contributed by atoms with Gasteiger partial charge in [-0.3, -0.25) is 19.3 Å². The Kier molecular flexibility index (Phi) is 4.34. The highest BCUT2D eigenvalue weighted by Crippen LogP contribution is 2.49. The van der Waals surface area contributed by atoms with Gasteiger partial charge in [0.15, 0.2) is 11.2 Å². The minimum Gasteiger partial charge on any atom is -0.436 e. The van der Waals surface area contributed by atoms with Crippen molar-refractivity contribution in [2.75, 3.05) is 0 Å². The number of rotatable bonds is 0. The Bertz CT molecular complexity index is 971. The Morgan fingerprint density at radius 3 is 1.69 bits per heavy atom. The maximum absolute atomic E-state index is 12.6. The zero-order valence-corrected chi connectivity index (χ0v) is 16.0. The number of carbonyl (C=O) groups is 6. The first-order valence-corrected chi connectivity index (χ1v) is 8.84. The molecule has 4 fully saturated rings. The fourth-order valence-electron chi connectivity index (χ4n) is 3.44. The second-order valence-electron chi connectivity index (χ2n) is 7.68. The van der Waals surface area contributed by atoms with E-state index >= 15 is 0 Å². The monoisotopic (exact) mass is 462 g/mol. The number of hydrogen-bond acceptors (Lipinski definition) is 16. The van der Waals surface area contributed by atoms with E-state index in [-0.39, 0.29) is 0 Å². The summed E-state index contributed by atoms with van der Waals surface area (Å²) >= 11 is 0. The van der Waals surface area contributed by atoms with Crippen molar-refractivity contribution in [2.24, 2.45) is 0 Å². The Balaban J connectivity index is 1.99. The van der Waals surface area contributed by atoms with Crippen LogP contribution in [0.15, 0.2) is 0 Å². The van der Waals surface area contributed by atoms with Crippen LogP contribution in [-0.2, 0) is 62.2 Å². The molecule has 16 nitrogen and oxygen atoms in total. The lowest BCUT2D eigenvalue weighted by Crippen LogP contribution is -2.74. The number of hydrogen-bond donors (Lipinski definition) is 3. The van der Waals surface area contributed by atoms with E-state index in [9.17, 15) is 44.1 Å². The molecule has 174 valence electrons. The van der Waals surface area contributed by atoms with Crippen molar-refractivity contribution in [3.8, 4) is 0 Å². The van der Waals surface area contributed by atoms with E-state index in [0.717, 1.165) is 0 Å². The van der Waals surface area contributed by atoms with E-state index in [4.69, 9.17) is 14.2 Å². The van der Waals surface area contributed by atoms with Gasteiger partial charge in [0.25, 0.3) is 0 Å². The predicted molar refractivity (Wildman–Crippen MR) is 82.1 cm³/mol. The highest BCUT2D eigenvalue weighted by molar-refractivity contribution is 5.93. The maximum Gasteiger partial charge on any atom is 0.465 e. The Morgan fingerprint density at radius 1 is 0.625 bits per heavy atom. The number of carbonyl (C=O) groups excluding carboxylic acids is 6. The van der Waals surface area contributed by atoms with Gasteiger partial charge in [-0.05, 0) is 6.92 Å². The molecule has 5 atom stereocenters. The SMILES string of the molecule is CC12OC(=O)CC3(O)CC(=O)OC1(OOC(=O)CC1(O)CC(=O)OC2(O)OC1=O)OC3=O. The van der Waals surface area contributed by atoms with Crippen molar-refractivity contribution in [1.29, 1.82) is 0 Å². The van der Waals surface area contributed by atoms with Crippen LogP contribution < -0.4 is 0 Å². The first-order valence-electron chi connectivity index (χ1n) is 8.84. The molecule has 4 rings (SSSR count). The van der Waals surface area contributed by atoms with Crippen LogP contribution in [0.1, 0.15) is 32.6 Å². The average Bonchev–Trinajstić information content (AvgIpc) is 2.76. The molecule has 0 aliphatic carbocycles. The highest BCUT2D eigenvalue weighted by Gasteiger charge is 2.81. The van der Waals surface area contributed by atoms with E-state index in [1.54, 1.807) is 0 Å². The number of fused-ring (bicyclic) bond motifs is 6. The van der Waals surface area contributed by atoms with Crippen molar-refractivity contribution < 1.29 is 77.5 Å². The molecular weight excluding hydrogens is 448 g/mol. The molecule has 0 saturated carbocycles. The lowest BCUT2D eigenvalue weighted by molar-refractivity contribution is -0.545. The van der Waals surface area contributed by atoms with Crippen LogP contribution in [0.4, 0.5) is 0 Å². The molecule has 4 aliphatic heterocycles. The summed E-state index contributed by atoms with van der Waals surface area (Å²) < 4.78 is 24.0. The molecule has 4 bridgehead atoms. The van der Waals surface area contributed by atoms with Gasteiger partial charge in [0.2, 0.25) is 0 Å². The maximum atomic E-state index is 12.6. The van der Waals surface area contributed by atoms with Gasteiger partial charge in [-0.15, -0.1) is 0 Å². The van der Waals surface area contributed by atoms with Crippen LogP contribution in [0.5, 0.6) is 0 Å². The molecule has 0 amide bonds. The van der Waals surface area contributed by atoms with E-state index in [2.05, 4.69) is 19.2 Å². The van der Waals surface area contributed by atoms with Gasteiger partial charge in [-0.1, -0.05) is 4.89 Å². The van der Waals surface area contributed by atoms with Crippen molar-refractivity contribution in [3.05, 3.63) is 0 Å². The van der Waals surface area contributed by atoms with Crippen LogP contribution in [0.25, 0.3) is 0 Å². The first-order chi connectivity index (χ1) is 14.7. The Morgan fingerprint density at radius 2 is 1.09 bits per heavy atom. The summed E-state index contributed by atoms with van der Waals surface area (Å²) in [7, 11) is 0. The van der Waals surface area contributed by atoms with Crippen molar-refractivity contribution in [1.82, 2.24) is 0 Å². The summed E-state index contributed by atoms with van der Waals surface area (Å²) in [6.07, 6.45) is -4.93. The molecule has 5 unspecified atom stereocenters. The van der Waals surface area contributed by atoms with Crippen molar-refractivity contribution in [2.45, 2.75) is 61.4 Å². The summed E-state index contributed by atoms with van der Waals surface area (Å²) in [5, 5.41) is 31.9. The third kappa shape index (κ3) is 2.91. The number of ether oxygens (including phenoxy) is 5. The van der Waals surface area contributed by atoms with Crippen molar-refractivity contribution >= 4 is 35.8 Å². The van der Waals surface area contributed by atoms with Gasteiger partial charge in [-0.25, -0.2) is 14.4 Å². The van der Waals surface area contributed by atoms with Gasteiger partial charge >= 0.3 is 53.4 Å². The van der Waals surface area contributed by atoms with Crippen LogP contribution in [-0.4, -0.2) is 79.9 Å². The van der Waals surface area contributed by atoms with Gasteiger partial charge in [0.05, 0.1) is 25.7 Å². The second-order valence-corrected chi connectivity index (χ2v) is 7.68. The number of aliphatic hydroxyl groups is 3. The Labute approximate surface area is 175 Å². The lowest BCUT2D eigenvalue weighted by Gasteiger charge is -2.47. The minimum atomic E-state index is -3.79. The van der Waals surface area contributed by atoms with Gasteiger partial charge < -0.3 is 39.0 Å². The van der Waals surface area contributed by atoms with Gasteiger partial charge in [0, 0.05) is 0 Å². The van der Waals surface area contributed by atoms with E-state index in [1.807, 2.05) is 0 Å². The topological polar surface area (TPSA) is 228 Å². The molecule has 1 spiro atoms. The molecule has 4 aliphatic rings. The van der Waals surface area contributed by atoms with Crippen LogP contribution >= 0.6 is 0 Å². The standard InChI is InChI=1S/C16H14O16/c1-12-15(25)27-7(18)3-14(24,10(21)29-15)5-9(20)31-32-16(12)28-8(19)4-13(23,11(22)30-16)2-6(17)26-12/h23-25H,2-5H2,1H3. The predicted octanol–water partition coefficient (Wildman–Crippen LogP) is -3.69. The van der Waals surface area contributed by atoms with Crippen LogP contribution in [0, 0.1) is 0 Å². The number of esters is 5. The van der Waals surface area contributed by atoms with Crippen LogP contribution in [0.3, 0.4) is 0 Å². The fourth-order valence-corrected chi connectivity index (χ4v) is 3.44. The third-order valence-corrected chi connectivity index (χ3v) is 5.21. The van der Waals surface area contributed by atoms with E-state index in [0.29, 0.717) is 6.92 Å². The molecule has 16 heteroatoms. The zero-order valence-electron chi connectivity index (χ0n) is 16.0. The third-order valence-electron chi connectivity index (χ3n) is 5.21.